The molecule has 0 unspecified atom stereocenters. The normalized spacial score (nSPS) is 25.7. The molecule has 1 aromatic heterocycles. The fourth-order valence-electron chi connectivity index (χ4n) is 3.59. The molecule has 29 heavy (non-hydrogen) atoms. The summed E-state index contributed by atoms with van der Waals surface area (Å²) in [4.78, 5) is 36.9. The number of aromatic amines is 1. The number of aromatic nitrogens is 2. The minimum absolute atomic E-state index is 0.0208. The van der Waals surface area contributed by atoms with Gasteiger partial charge >= 0.3 is 12.1 Å². The number of hydrogen-bond donors (Lipinski definition) is 2. The number of aliphatic carboxylic acids is 1. The zero-order valence-electron chi connectivity index (χ0n) is 15.4. The first-order valence-electron chi connectivity index (χ1n) is 9.17. The highest BCUT2D eigenvalue weighted by atomic mass is 19.4. The molecule has 1 aromatic rings. The van der Waals surface area contributed by atoms with Gasteiger partial charge < -0.3 is 19.6 Å². The van der Waals surface area contributed by atoms with Crippen LogP contribution in [0.1, 0.15) is 29.8 Å². The first-order valence-corrected chi connectivity index (χ1v) is 9.17. The molecule has 12 heteroatoms. The number of likely N-dealkylation sites (tertiary alicyclic amines) is 2. The Kier molecular flexibility index (Phi) is 6.10. The van der Waals surface area contributed by atoms with Gasteiger partial charge in [0, 0.05) is 38.3 Å². The van der Waals surface area contributed by atoms with E-state index in [9.17, 15) is 22.8 Å². The van der Waals surface area contributed by atoms with Gasteiger partial charge in [-0.15, -0.1) is 0 Å². The van der Waals surface area contributed by atoms with E-state index in [4.69, 9.17) is 14.6 Å². The van der Waals surface area contributed by atoms with Crippen LogP contribution in [0.2, 0.25) is 0 Å². The van der Waals surface area contributed by atoms with E-state index in [-0.39, 0.29) is 24.0 Å². The number of halogens is 3. The molecule has 0 aliphatic carbocycles. The lowest BCUT2D eigenvalue weighted by Gasteiger charge is -2.31. The van der Waals surface area contributed by atoms with Gasteiger partial charge in [0.25, 0.3) is 5.91 Å². The molecule has 3 atom stereocenters. The summed E-state index contributed by atoms with van der Waals surface area (Å²) in [6.45, 7) is 3.10. The Morgan fingerprint density at radius 2 is 1.93 bits per heavy atom. The van der Waals surface area contributed by atoms with Crippen LogP contribution < -0.4 is 0 Å². The number of carbonyl (C=O) groups excluding carboxylic acids is 2. The molecule has 4 heterocycles. The monoisotopic (exact) mass is 418 g/mol. The van der Waals surface area contributed by atoms with Crippen LogP contribution in [-0.4, -0.2) is 87.5 Å². The minimum atomic E-state index is -5.08. The van der Waals surface area contributed by atoms with E-state index in [1.807, 2.05) is 9.80 Å². The van der Waals surface area contributed by atoms with Gasteiger partial charge in [0.2, 0.25) is 5.91 Å². The Hall–Kier alpha value is -2.63. The van der Waals surface area contributed by atoms with Crippen LogP contribution in [0.4, 0.5) is 13.2 Å². The quantitative estimate of drug-likeness (QED) is 0.754. The lowest BCUT2D eigenvalue weighted by atomic mass is 10.0. The van der Waals surface area contributed by atoms with Crippen LogP contribution in [0.5, 0.6) is 0 Å². The van der Waals surface area contributed by atoms with Gasteiger partial charge in [-0.1, -0.05) is 0 Å². The molecule has 2 amide bonds. The number of ether oxygens (including phenoxy) is 1. The molecule has 0 aromatic carbocycles. The summed E-state index contributed by atoms with van der Waals surface area (Å²) in [6.07, 6.45) is -0.933. The van der Waals surface area contributed by atoms with Crippen LogP contribution in [0, 0.1) is 5.92 Å². The third-order valence-corrected chi connectivity index (χ3v) is 5.19. The van der Waals surface area contributed by atoms with Crippen LogP contribution in [-0.2, 0) is 14.3 Å². The van der Waals surface area contributed by atoms with Gasteiger partial charge in [-0.25, -0.2) is 4.79 Å². The van der Waals surface area contributed by atoms with Crippen molar-refractivity contribution in [2.45, 2.75) is 37.6 Å². The van der Waals surface area contributed by atoms with E-state index in [0.717, 1.165) is 25.9 Å². The number of alkyl halides is 3. The number of amides is 2. The average molecular weight is 418 g/mol. The van der Waals surface area contributed by atoms with E-state index in [2.05, 4.69) is 10.2 Å². The second kappa shape index (κ2) is 8.39. The topological polar surface area (TPSA) is 116 Å². The second-order valence-corrected chi connectivity index (χ2v) is 7.21. The van der Waals surface area contributed by atoms with Crippen LogP contribution in [0.15, 0.2) is 12.3 Å². The van der Waals surface area contributed by atoms with Crippen molar-refractivity contribution in [3.63, 3.8) is 0 Å². The number of carbonyl (C=O) groups is 3. The smallest absolute Gasteiger partial charge is 0.475 e. The fraction of sp³-hybridized carbons (Fsp3) is 0.647. The Bertz CT molecular complexity index is 737. The molecular formula is C17H21F3N4O5. The van der Waals surface area contributed by atoms with Crippen molar-refractivity contribution >= 4 is 17.8 Å². The molecule has 0 bridgehead atoms. The van der Waals surface area contributed by atoms with E-state index in [0.29, 0.717) is 31.1 Å². The molecule has 3 aliphatic rings. The third kappa shape index (κ3) is 5.05. The van der Waals surface area contributed by atoms with E-state index in [1.54, 1.807) is 12.3 Å². The number of nitrogens with one attached hydrogen (secondary N) is 1. The predicted molar refractivity (Wildman–Crippen MR) is 90.8 cm³/mol. The maximum atomic E-state index is 12.3. The molecule has 160 valence electrons. The molecule has 2 N–H and O–H groups in total. The van der Waals surface area contributed by atoms with Gasteiger partial charge in [-0.05, 0) is 18.9 Å². The highest BCUT2D eigenvalue weighted by molar-refractivity contribution is 5.92. The Morgan fingerprint density at radius 3 is 2.41 bits per heavy atom. The van der Waals surface area contributed by atoms with Crippen molar-refractivity contribution in [1.29, 1.82) is 0 Å². The summed E-state index contributed by atoms with van der Waals surface area (Å²) in [7, 11) is 0. The van der Waals surface area contributed by atoms with Crippen LogP contribution in [0.3, 0.4) is 0 Å². The van der Waals surface area contributed by atoms with E-state index >= 15 is 0 Å². The number of rotatable bonds is 3. The number of carboxylic acids is 1. The molecule has 3 saturated heterocycles. The fourth-order valence-corrected chi connectivity index (χ4v) is 3.59. The minimum Gasteiger partial charge on any atom is -0.475 e. The largest absolute Gasteiger partial charge is 0.490 e. The maximum absolute atomic E-state index is 12.3. The standard InChI is InChI=1S/C15H20N4O3.C2HF3O2/c20-14(18-4-1-5-18)7-11-6-10-8-19(9-13(10)22-11)15(21)12-2-3-16-17-12;3-2(4,5)1(6)7/h2-3,10-11,13H,1,4-9H2,(H,16,17);(H,6,7)/t10-,11-,13+;/m0./s1. The Balaban J connectivity index is 0.000000298. The van der Waals surface area contributed by atoms with Crippen LogP contribution in [0.25, 0.3) is 0 Å². The summed E-state index contributed by atoms with van der Waals surface area (Å²) < 4.78 is 37.7. The van der Waals surface area contributed by atoms with Crippen molar-refractivity contribution in [2.24, 2.45) is 5.92 Å². The lowest BCUT2D eigenvalue weighted by Crippen LogP contribution is -2.43. The van der Waals surface area contributed by atoms with Gasteiger partial charge in [0.15, 0.2) is 0 Å². The third-order valence-electron chi connectivity index (χ3n) is 5.19. The van der Waals surface area contributed by atoms with Gasteiger partial charge in [-0.3, -0.25) is 14.7 Å². The molecule has 0 saturated carbocycles. The van der Waals surface area contributed by atoms with Gasteiger partial charge in [0.1, 0.15) is 5.69 Å². The SMILES string of the molecule is O=C(C[C@@H]1C[C@H]2CN(C(=O)c3ccn[nH]3)C[C@H]2O1)N1CCC1.O=C(O)C(F)(F)F. The number of hydrogen-bond acceptors (Lipinski definition) is 5. The lowest BCUT2D eigenvalue weighted by molar-refractivity contribution is -0.192. The Morgan fingerprint density at radius 1 is 1.24 bits per heavy atom. The van der Waals surface area contributed by atoms with Crippen molar-refractivity contribution < 1.29 is 37.4 Å². The molecule has 0 spiro atoms. The highest BCUT2D eigenvalue weighted by Gasteiger charge is 2.44. The van der Waals surface area contributed by atoms with E-state index in [1.165, 1.54) is 0 Å². The summed E-state index contributed by atoms with van der Waals surface area (Å²) in [5, 5.41) is 13.6. The molecule has 3 aliphatic heterocycles. The summed E-state index contributed by atoms with van der Waals surface area (Å²) >= 11 is 0. The molecule has 0 radical (unpaired) electrons. The average Bonchev–Trinajstić information content (AvgIpc) is 3.27. The number of carboxylic acid groups (broad SMARTS) is 1. The zero-order valence-corrected chi connectivity index (χ0v) is 15.4. The van der Waals surface area contributed by atoms with Crippen molar-refractivity contribution in [2.75, 3.05) is 26.2 Å². The van der Waals surface area contributed by atoms with Crippen LogP contribution >= 0.6 is 0 Å². The predicted octanol–water partition coefficient (Wildman–Crippen LogP) is 0.895. The highest BCUT2D eigenvalue weighted by Crippen LogP contribution is 2.35. The summed E-state index contributed by atoms with van der Waals surface area (Å²) in [5.41, 5.74) is 0.518. The molecule has 9 nitrogen and oxygen atoms in total. The van der Waals surface area contributed by atoms with Crippen molar-refractivity contribution in [3.05, 3.63) is 18.0 Å². The Labute approximate surface area is 163 Å². The van der Waals surface area contributed by atoms with Gasteiger partial charge in [-0.2, -0.15) is 18.3 Å². The zero-order chi connectivity index (χ0) is 21.2. The van der Waals surface area contributed by atoms with E-state index < -0.39 is 12.1 Å². The molecule has 4 rings (SSSR count). The first-order chi connectivity index (χ1) is 13.6. The molecule has 3 fully saturated rings. The number of H-pyrrole nitrogens is 1. The number of fused-ring (bicyclic) bond motifs is 1. The number of nitrogens with zero attached hydrogens (tertiary/aromatic N) is 3. The second-order valence-electron chi connectivity index (χ2n) is 7.21. The van der Waals surface area contributed by atoms with Crippen molar-refractivity contribution in [3.8, 4) is 0 Å². The maximum Gasteiger partial charge on any atom is 0.490 e. The van der Waals surface area contributed by atoms with Gasteiger partial charge in [0.05, 0.1) is 18.6 Å². The summed E-state index contributed by atoms with van der Waals surface area (Å²) in [5.74, 6) is -2.22. The first kappa shape index (κ1) is 21.1. The molecular weight excluding hydrogens is 397 g/mol. The van der Waals surface area contributed by atoms with Crippen molar-refractivity contribution in [1.82, 2.24) is 20.0 Å². The summed E-state index contributed by atoms with van der Waals surface area (Å²) in [6, 6.07) is 1.69.